The lowest BCUT2D eigenvalue weighted by molar-refractivity contribution is -0.116. The predicted octanol–water partition coefficient (Wildman–Crippen LogP) is 3.34. The molecule has 1 amide bonds. The third kappa shape index (κ3) is 6.76. The van der Waals surface area contributed by atoms with Crippen molar-refractivity contribution in [1.82, 2.24) is 4.98 Å². The van der Waals surface area contributed by atoms with Gasteiger partial charge in [-0.05, 0) is 12.1 Å². The second-order valence-corrected chi connectivity index (χ2v) is 8.80. The molecule has 0 spiro atoms. The van der Waals surface area contributed by atoms with E-state index in [2.05, 4.69) is 10.3 Å². The normalized spacial score (nSPS) is 11.2. The number of aryl methyl sites for hydroxylation is 1. The third-order valence-corrected chi connectivity index (χ3v) is 4.93. The maximum Gasteiger partial charge on any atom is 0.224 e. The van der Waals surface area contributed by atoms with Crippen molar-refractivity contribution in [3.05, 3.63) is 66.7 Å². The molecule has 0 aliphatic heterocycles. The Morgan fingerprint density at radius 1 is 1.14 bits per heavy atom. The van der Waals surface area contributed by atoms with Crippen LogP contribution in [0, 0.1) is 0 Å². The number of oxazole rings is 1. The van der Waals surface area contributed by atoms with Crippen LogP contribution in [-0.4, -0.2) is 37.9 Å². The van der Waals surface area contributed by atoms with Gasteiger partial charge in [-0.2, -0.15) is 0 Å². The van der Waals surface area contributed by atoms with Crippen LogP contribution in [0.3, 0.4) is 0 Å². The highest BCUT2D eigenvalue weighted by Crippen LogP contribution is 2.21. The molecule has 0 saturated carbocycles. The van der Waals surface area contributed by atoms with Crippen LogP contribution < -0.4 is 10.1 Å². The summed E-state index contributed by atoms with van der Waals surface area (Å²) < 4.78 is 33.4. The number of hydrogen-bond donors (Lipinski definition) is 1. The van der Waals surface area contributed by atoms with Gasteiger partial charge in [0.2, 0.25) is 5.91 Å². The second-order valence-electron chi connectivity index (χ2n) is 6.54. The minimum Gasteiger partial charge on any atom is -0.492 e. The third-order valence-electron chi connectivity index (χ3n) is 4.02. The van der Waals surface area contributed by atoms with E-state index in [1.807, 2.05) is 30.3 Å². The average molecular weight is 414 g/mol. The summed E-state index contributed by atoms with van der Waals surface area (Å²) >= 11 is 0. The fourth-order valence-corrected chi connectivity index (χ4v) is 2.97. The molecule has 1 heterocycles. The number of nitrogens with zero attached hydrogens (tertiary/aromatic N) is 1. The predicted molar refractivity (Wildman–Crippen MR) is 111 cm³/mol. The van der Waals surface area contributed by atoms with Gasteiger partial charge in [-0.15, -0.1) is 0 Å². The van der Waals surface area contributed by atoms with E-state index in [0.717, 1.165) is 11.8 Å². The minimum absolute atomic E-state index is 0.0597. The molecule has 3 aromatic rings. The molecular weight excluding hydrogens is 392 g/mol. The molecule has 0 radical (unpaired) electrons. The Hall–Kier alpha value is -3.13. The number of carbonyl (C=O) groups is 1. The van der Waals surface area contributed by atoms with Crippen LogP contribution in [0.4, 0.5) is 5.69 Å². The summed E-state index contributed by atoms with van der Waals surface area (Å²) in [5.74, 6) is 1.41. The Morgan fingerprint density at radius 3 is 2.69 bits per heavy atom. The van der Waals surface area contributed by atoms with Gasteiger partial charge in [0.15, 0.2) is 21.5 Å². The quantitative estimate of drug-likeness (QED) is 0.577. The lowest BCUT2D eigenvalue weighted by atomic mass is 10.2. The number of aromatic nitrogens is 1. The number of benzene rings is 2. The Bertz CT molecular complexity index is 1060. The monoisotopic (exact) mass is 414 g/mol. The van der Waals surface area contributed by atoms with Crippen LogP contribution in [0.2, 0.25) is 0 Å². The number of sulfone groups is 1. The Balaban J connectivity index is 1.50. The van der Waals surface area contributed by atoms with E-state index >= 15 is 0 Å². The average Bonchev–Trinajstić information content (AvgIpc) is 3.16. The van der Waals surface area contributed by atoms with E-state index in [1.165, 1.54) is 0 Å². The van der Waals surface area contributed by atoms with Gasteiger partial charge < -0.3 is 14.5 Å². The molecule has 0 saturated heterocycles. The highest BCUT2D eigenvalue weighted by Gasteiger charge is 2.10. The van der Waals surface area contributed by atoms with Gasteiger partial charge in [0, 0.05) is 36.4 Å². The van der Waals surface area contributed by atoms with Crippen molar-refractivity contribution in [2.75, 3.05) is 23.9 Å². The first-order valence-electron chi connectivity index (χ1n) is 9.10. The summed E-state index contributed by atoms with van der Waals surface area (Å²) in [6.45, 7) is 0.0597. The van der Waals surface area contributed by atoms with Crippen molar-refractivity contribution in [2.45, 2.75) is 12.8 Å². The summed E-state index contributed by atoms with van der Waals surface area (Å²) in [6, 6.07) is 16.5. The first kappa shape index (κ1) is 20.6. The molecule has 3 rings (SSSR count). The number of hydrogen-bond acceptors (Lipinski definition) is 6. The largest absolute Gasteiger partial charge is 0.492 e. The van der Waals surface area contributed by atoms with E-state index in [9.17, 15) is 13.2 Å². The zero-order chi connectivity index (χ0) is 20.7. The molecule has 152 valence electrons. The van der Waals surface area contributed by atoms with Crippen LogP contribution in [0.5, 0.6) is 5.75 Å². The highest BCUT2D eigenvalue weighted by atomic mass is 32.2. The smallest absolute Gasteiger partial charge is 0.224 e. The molecule has 8 heteroatoms. The van der Waals surface area contributed by atoms with Crippen LogP contribution >= 0.6 is 0 Å². The maximum absolute atomic E-state index is 12.2. The van der Waals surface area contributed by atoms with Crippen molar-refractivity contribution >= 4 is 21.4 Å². The minimum atomic E-state index is -3.08. The standard InChI is InChI=1S/C21H22N2O5S/c1-29(25,26)13-12-27-18-9-5-8-17(14-18)23-20(24)10-11-21-22-15-19(28-21)16-6-3-2-4-7-16/h2-9,14-15H,10-13H2,1H3,(H,23,24). The summed E-state index contributed by atoms with van der Waals surface area (Å²) in [7, 11) is -3.08. The molecule has 0 atom stereocenters. The SMILES string of the molecule is CS(=O)(=O)CCOc1cccc(NC(=O)CCc2ncc(-c3ccccc3)o2)c1. The van der Waals surface area contributed by atoms with E-state index in [4.69, 9.17) is 9.15 Å². The van der Waals surface area contributed by atoms with Crippen molar-refractivity contribution in [2.24, 2.45) is 0 Å². The van der Waals surface area contributed by atoms with Gasteiger partial charge in [-0.1, -0.05) is 36.4 Å². The fraction of sp³-hybridized carbons (Fsp3) is 0.238. The van der Waals surface area contributed by atoms with Crippen molar-refractivity contribution in [3.8, 4) is 17.1 Å². The fourth-order valence-electron chi connectivity index (χ4n) is 2.58. The Morgan fingerprint density at radius 2 is 1.93 bits per heavy atom. The highest BCUT2D eigenvalue weighted by molar-refractivity contribution is 7.90. The van der Waals surface area contributed by atoms with Crippen LogP contribution in [0.25, 0.3) is 11.3 Å². The van der Waals surface area contributed by atoms with Gasteiger partial charge in [0.05, 0.1) is 11.9 Å². The first-order chi connectivity index (χ1) is 13.9. The number of amides is 1. The Kier molecular flexibility index (Phi) is 6.66. The summed E-state index contributed by atoms with van der Waals surface area (Å²) in [5.41, 5.74) is 1.51. The lowest BCUT2D eigenvalue weighted by Crippen LogP contribution is -2.13. The second kappa shape index (κ2) is 9.38. The molecule has 0 bridgehead atoms. The molecule has 0 fully saturated rings. The lowest BCUT2D eigenvalue weighted by Gasteiger charge is -2.08. The molecule has 0 aliphatic rings. The van der Waals surface area contributed by atoms with Crippen molar-refractivity contribution < 1.29 is 22.4 Å². The number of nitrogens with one attached hydrogen (secondary N) is 1. The molecule has 1 N–H and O–H groups in total. The van der Waals surface area contributed by atoms with Gasteiger partial charge in [-0.25, -0.2) is 13.4 Å². The first-order valence-corrected chi connectivity index (χ1v) is 11.2. The molecule has 7 nitrogen and oxygen atoms in total. The summed E-state index contributed by atoms with van der Waals surface area (Å²) in [4.78, 5) is 16.4. The molecule has 29 heavy (non-hydrogen) atoms. The number of carbonyl (C=O) groups excluding carboxylic acids is 1. The van der Waals surface area contributed by atoms with E-state index in [1.54, 1.807) is 30.5 Å². The van der Waals surface area contributed by atoms with E-state index in [-0.39, 0.29) is 24.7 Å². The van der Waals surface area contributed by atoms with Crippen LogP contribution in [0.1, 0.15) is 12.3 Å². The molecule has 0 aliphatic carbocycles. The number of ether oxygens (including phenoxy) is 1. The molecule has 1 aromatic heterocycles. The zero-order valence-electron chi connectivity index (χ0n) is 16.0. The van der Waals surface area contributed by atoms with E-state index < -0.39 is 9.84 Å². The van der Waals surface area contributed by atoms with Crippen molar-refractivity contribution in [3.63, 3.8) is 0 Å². The van der Waals surface area contributed by atoms with Gasteiger partial charge in [0.25, 0.3) is 0 Å². The van der Waals surface area contributed by atoms with Gasteiger partial charge in [-0.3, -0.25) is 4.79 Å². The maximum atomic E-state index is 12.2. The van der Waals surface area contributed by atoms with Crippen molar-refractivity contribution in [1.29, 1.82) is 0 Å². The van der Waals surface area contributed by atoms with Gasteiger partial charge >= 0.3 is 0 Å². The summed E-state index contributed by atoms with van der Waals surface area (Å²) in [5, 5.41) is 2.79. The molecule has 2 aromatic carbocycles. The van der Waals surface area contributed by atoms with Crippen LogP contribution in [-0.2, 0) is 21.1 Å². The number of rotatable bonds is 9. The molecular formula is C21H22N2O5S. The molecule has 0 unspecified atom stereocenters. The van der Waals surface area contributed by atoms with Crippen LogP contribution in [0.15, 0.2) is 65.2 Å². The van der Waals surface area contributed by atoms with E-state index in [0.29, 0.717) is 29.5 Å². The Labute approximate surface area is 169 Å². The summed E-state index contributed by atoms with van der Waals surface area (Å²) in [6.07, 6.45) is 3.40. The zero-order valence-corrected chi connectivity index (χ0v) is 16.8. The van der Waals surface area contributed by atoms with Gasteiger partial charge in [0.1, 0.15) is 12.4 Å². The topological polar surface area (TPSA) is 98.5 Å². The number of anilines is 1.